The van der Waals surface area contributed by atoms with Crippen molar-refractivity contribution in [1.29, 1.82) is 0 Å². The van der Waals surface area contributed by atoms with Gasteiger partial charge in [-0.2, -0.15) is 4.31 Å². The zero-order valence-electron chi connectivity index (χ0n) is 18.0. The Kier molecular flexibility index (Phi) is 7.99. The maximum Gasteiger partial charge on any atom is 0.243 e. The van der Waals surface area contributed by atoms with Crippen LogP contribution in [0.4, 0.5) is 5.69 Å². The highest BCUT2D eigenvalue weighted by Gasteiger charge is 2.21. The fourth-order valence-corrected chi connectivity index (χ4v) is 4.80. The lowest BCUT2D eigenvalue weighted by Gasteiger charge is -2.18. The summed E-state index contributed by atoms with van der Waals surface area (Å²) in [4.78, 5) is 12.8. The molecule has 1 amide bonds. The van der Waals surface area contributed by atoms with Crippen molar-refractivity contribution >= 4 is 21.6 Å². The van der Waals surface area contributed by atoms with Crippen LogP contribution in [0.15, 0.2) is 47.4 Å². The highest BCUT2D eigenvalue weighted by molar-refractivity contribution is 7.89. The van der Waals surface area contributed by atoms with Gasteiger partial charge in [-0.3, -0.25) is 4.79 Å². The first-order valence-electron chi connectivity index (χ1n) is 10.2. The lowest BCUT2D eigenvalue weighted by molar-refractivity contribution is -0.116. The summed E-state index contributed by atoms with van der Waals surface area (Å²) in [6, 6.07) is 12.9. The van der Waals surface area contributed by atoms with Gasteiger partial charge in [-0.05, 0) is 48.1 Å². The van der Waals surface area contributed by atoms with E-state index in [0.717, 1.165) is 22.4 Å². The molecule has 0 saturated heterocycles. The van der Waals surface area contributed by atoms with Gasteiger partial charge in [0.2, 0.25) is 15.9 Å². The molecule has 0 unspecified atom stereocenters. The molecule has 0 bridgehead atoms. The summed E-state index contributed by atoms with van der Waals surface area (Å²) in [7, 11) is -3.45. The third-order valence-electron chi connectivity index (χ3n) is 5.10. The number of nitrogens with one attached hydrogen (secondary N) is 1. The maximum atomic E-state index is 12.6. The van der Waals surface area contributed by atoms with E-state index >= 15 is 0 Å². The Hall–Kier alpha value is -2.18. The minimum atomic E-state index is -3.45. The number of amides is 1. The molecule has 0 spiro atoms. The van der Waals surface area contributed by atoms with Crippen molar-refractivity contribution in [2.75, 3.05) is 18.4 Å². The van der Waals surface area contributed by atoms with Crippen LogP contribution in [0.25, 0.3) is 0 Å². The van der Waals surface area contributed by atoms with Crippen molar-refractivity contribution < 1.29 is 13.2 Å². The summed E-state index contributed by atoms with van der Waals surface area (Å²) in [6.45, 7) is 10.8. The fourth-order valence-electron chi connectivity index (χ4n) is 3.34. The van der Waals surface area contributed by atoms with Crippen LogP contribution in [-0.4, -0.2) is 31.7 Å². The molecule has 2 aromatic rings. The summed E-state index contributed by atoms with van der Waals surface area (Å²) in [6.07, 6.45) is 0.897. The van der Waals surface area contributed by atoms with Crippen molar-refractivity contribution in [3.8, 4) is 0 Å². The van der Waals surface area contributed by atoms with Gasteiger partial charge >= 0.3 is 0 Å². The SMILES string of the molecule is CCN(CC)S(=O)(=O)c1ccc(CCC(=O)Nc2c(C)cccc2C(C)C)cc1. The van der Waals surface area contributed by atoms with E-state index in [9.17, 15) is 13.2 Å². The Labute approximate surface area is 175 Å². The summed E-state index contributed by atoms with van der Waals surface area (Å²) in [5.41, 5.74) is 4.01. The van der Waals surface area contributed by atoms with Crippen LogP contribution in [0.2, 0.25) is 0 Å². The second-order valence-electron chi connectivity index (χ2n) is 7.48. The molecule has 1 N–H and O–H groups in total. The van der Waals surface area contributed by atoms with Crippen LogP contribution in [0.3, 0.4) is 0 Å². The normalized spacial score (nSPS) is 11.8. The topological polar surface area (TPSA) is 66.5 Å². The number of sulfonamides is 1. The largest absolute Gasteiger partial charge is 0.326 e. The molecule has 2 aromatic carbocycles. The first-order chi connectivity index (χ1) is 13.7. The summed E-state index contributed by atoms with van der Waals surface area (Å²) in [5, 5.41) is 3.05. The number of hydrogen-bond donors (Lipinski definition) is 1. The standard InChI is InChI=1S/C23H32N2O3S/c1-6-25(7-2)29(27,28)20-14-11-19(12-15-20)13-16-22(26)24-23-18(5)9-8-10-21(23)17(3)4/h8-12,14-15,17H,6-7,13,16H2,1-5H3,(H,24,26). The third-order valence-corrected chi connectivity index (χ3v) is 7.16. The second-order valence-corrected chi connectivity index (χ2v) is 9.41. The van der Waals surface area contributed by atoms with Gasteiger partial charge in [0.15, 0.2) is 0 Å². The molecule has 0 saturated carbocycles. The number of rotatable bonds is 9. The zero-order valence-corrected chi connectivity index (χ0v) is 18.8. The average molecular weight is 417 g/mol. The molecule has 5 nitrogen and oxygen atoms in total. The Bertz CT molecular complexity index is 931. The quantitative estimate of drug-likeness (QED) is 0.643. The van der Waals surface area contributed by atoms with E-state index in [-0.39, 0.29) is 10.8 Å². The van der Waals surface area contributed by atoms with E-state index < -0.39 is 10.0 Å². The van der Waals surface area contributed by atoms with Crippen LogP contribution in [0.1, 0.15) is 56.7 Å². The number of carbonyl (C=O) groups is 1. The molecule has 0 aliphatic heterocycles. The van der Waals surface area contributed by atoms with Gasteiger partial charge in [-0.1, -0.05) is 58.0 Å². The highest BCUT2D eigenvalue weighted by atomic mass is 32.2. The molecule has 2 rings (SSSR count). The number of benzene rings is 2. The smallest absolute Gasteiger partial charge is 0.243 e. The maximum absolute atomic E-state index is 12.6. The van der Waals surface area contributed by atoms with Gasteiger partial charge in [0, 0.05) is 25.2 Å². The number of hydrogen-bond acceptors (Lipinski definition) is 3. The van der Waals surface area contributed by atoms with Crippen LogP contribution in [0, 0.1) is 6.92 Å². The summed E-state index contributed by atoms with van der Waals surface area (Å²) < 4.78 is 26.5. The van der Waals surface area contributed by atoms with E-state index in [2.05, 4.69) is 19.2 Å². The number of anilines is 1. The number of nitrogens with zero attached hydrogens (tertiary/aromatic N) is 1. The van der Waals surface area contributed by atoms with Crippen molar-refractivity contribution in [2.24, 2.45) is 0 Å². The number of aryl methyl sites for hydroxylation is 2. The molecule has 0 fully saturated rings. The predicted molar refractivity (Wildman–Crippen MR) is 119 cm³/mol. The Morgan fingerprint density at radius 3 is 2.21 bits per heavy atom. The monoisotopic (exact) mass is 416 g/mol. The van der Waals surface area contributed by atoms with Gasteiger partial charge in [-0.15, -0.1) is 0 Å². The third kappa shape index (κ3) is 5.67. The zero-order chi connectivity index (χ0) is 21.6. The molecule has 6 heteroatoms. The molecule has 0 radical (unpaired) electrons. The lowest BCUT2D eigenvalue weighted by Crippen LogP contribution is -2.30. The minimum Gasteiger partial charge on any atom is -0.326 e. The lowest BCUT2D eigenvalue weighted by atomic mass is 9.98. The Morgan fingerprint density at radius 2 is 1.66 bits per heavy atom. The van der Waals surface area contributed by atoms with Crippen molar-refractivity contribution in [3.63, 3.8) is 0 Å². The number of carbonyl (C=O) groups excluding carboxylic acids is 1. The fraction of sp³-hybridized carbons (Fsp3) is 0.435. The van der Waals surface area contributed by atoms with E-state index in [1.54, 1.807) is 24.3 Å². The van der Waals surface area contributed by atoms with Gasteiger partial charge in [0.25, 0.3) is 0 Å². The first kappa shape index (κ1) is 23.1. The molecule has 29 heavy (non-hydrogen) atoms. The predicted octanol–water partition coefficient (Wildman–Crippen LogP) is 4.72. The molecule has 158 valence electrons. The summed E-state index contributed by atoms with van der Waals surface area (Å²) in [5.74, 6) is 0.284. The molecular weight excluding hydrogens is 384 g/mol. The van der Waals surface area contributed by atoms with Crippen molar-refractivity contribution in [3.05, 3.63) is 59.2 Å². The minimum absolute atomic E-state index is 0.0407. The highest BCUT2D eigenvalue weighted by Crippen LogP contribution is 2.27. The molecule has 0 heterocycles. The second kappa shape index (κ2) is 10.0. The molecule has 0 aliphatic rings. The van der Waals surface area contributed by atoms with Gasteiger partial charge in [0.1, 0.15) is 0 Å². The van der Waals surface area contributed by atoms with Crippen LogP contribution in [0.5, 0.6) is 0 Å². The number of para-hydroxylation sites is 1. The average Bonchev–Trinajstić information content (AvgIpc) is 2.68. The van der Waals surface area contributed by atoms with Crippen LogP contribution >= 0.6 is 0 Å². The van der Waals surface area contributed by atoms with E-state index in [1.807, 2.05) is 39.0 Å². The van der Waals surface area contributed by atoms with Gasteiger partial charge in [-0.25, -0.2) is 8.42 Å². The van der Waals surface area contributed by atoms with E-state index in [1.165, 1.54) is 4.31 Å². The Morgan fingerprint density at radius 1 is 1.03 bits per heavy atom. The summed E-state index contributed by atoms with van der Waals surface area (Å²) >= 11 is 0. The molecule has 0 aliphatic carbocycles. The Balaban J connectivity index is 2.04. The van der Waals surface area contributed by atoms with Crippen LogP contribution in [-0.2, 0) is 21.2 Å². The molecule has 0 atom stereocenters. The first-order valence-corrected chi connectivity index (χ1v) is 11.6. The molecule has 0 aromatic heterocycles. The van der Waals surface area contributed by atoms with Gasteiger partial charge in [0.05, 0.1) is 4.90 Å². The van der Waals surface area contributed by atoms with E-state index in [4.69, 9.17) is 0 Å². The van der Waals surface area contributed by atoms with Gasteiger partial charge < -0.3 is 5.32 Å². The molecular formula is C23H32N2O3S. The van der Waals surface area contributed by atoms with Crippen molar-refractivity contribution in [1.82, 2.24) is 4.31 Å². The van der Waals surface area contributed by atoms with E-state index in [0.29, 0.717) is 31.8 Å². The van der Waals surface area contributed by atoms with Crippen LogP contribution < -0.4 is 5.32 Å². The van der Waals surface area contributed by atoms with Crippen molar-refractivity contribution in [2.45, 2.75) is 58.3 Å².